The molecule has 0 saturated heterocycles. The molecular formula is C12H26N2. The van der Waals surface area contributed by atoms with Crippen LogP contribution < -0.4 is 5.32 Å². The first-order valence-electron chi connectivity index (χ1n) is 5.91. The van der Waals surface area contributed by atoms with Crippen molar-refractivity contribution in [2.24, 2.45) is 17.8 Å². The molecule has 1 rings (SSSR count). The van der Waals surface area contributed by atoms with E-state index in [2.05, 4.69) is 45.2 Å². The van der Waals surface area contributed by atoms with Gasteiger partial charge in [-0.05, 0) is 38.9 Å². The van der Waals surface area contributed by atoms with Gasteiger partial charge in [-0.1, -0.05) is 33.1 Å². The van der Waals surface area contributed by atoms with Gasteiger partial charge in [0.05, 0.1) is 6.17 Å². The lowest BCUT2D eigenvalue weighted by Gasteiger charge is -2.42. The number of nitrogens with one attached hydrogen (secondary N) is 1. The van der Waals surface area contributed by atoms with Crippen molar-refractivity contribution in [3.05, 3.63) is 0 Å². The molecule has 0 heterocycles. The van der Waals surface area contributed by atoms with Crippen molar-refractivity contribution in [1.82, 2.24) is 10.2 Å². The van der Waals surface area contributed by atoms with Gasteiger partial charge >= 0.3 is 0 Å². The van der Waals surface area contributed by atoms with Gasteiger partial charge in [0, 0.05) is 0 Å². The lowest BCUT2D eigenvalue weighted by molar-refractivity contribution is 0.0626. The van der Waals surface area contributed by atoms with Crippen LogP contribution in [0.2, 0.25) is 0 Å². The van der Waals surface area contributed by atoms with E-state index in [1.54, 1.807) is 0 Å². The van der Waals surface area contributed by atoms with E-state index in [1.165, 1.54) is 19.3 Å². The van der Waals surface area contributed by atoms with Gasteiger partial charge in [-0.2, -0.15) is 0 Å². The van der Waals surface area contributed by atoms with Crippen molar-refractivity contribution >= 4 is 0 Å². The third-order valence-corrected chi connectivity index (χ3v) is 3.85. The van der Waals surface area contributed by atoms with Crippen molar-refractivity contribution < 1.29 is 0 Å². The zero-order chi connectivity index (χ0) is 10.7. The van der Waals surface area contributed by atoms with Gasteiger partial charge in [0.25, 0.3) is 0 Å². The molecule has 0 aromatic rings. The van der Waals surface area contributed by atoms with Crippen LogP contribution in [0.4, 0.5) is 0 Å². The van der Waals surface area contributed by atoms with Gasteiger partial charge in [-0.15, -0.1) is 0 Å². The van der Waals surface area contributed by atoms with E-state index in [4.69, 9.17) is 0 Å². The summed E-state index contributed by atoms with van der Waals surface area (Å²) in [5, 5.41) is 3.46. The zero-order valence-corrected chi connectivity index (χ0v) is 10.4. The van der Waals surface area contributed by atoms with Crippen molar-refractivity contribution in [3.63, 3.8) is 0 Å². The van der Waals surface area contributed by atoms with Gasteiger partial charge in [0.2, 0.25) is 0 Å². The predicted molar refractivity (Wildman–Crippen MR) is 62.2 cm³/mol. The summed E-state index contributed by atoms with van der Waals surface area (Å²) < 4.78 is 0. The van der Waals surface area contributed by atoms with Crippen LogP contribution in [0, 0.1) is 17.8 Å². The molecule has 3 unspecified atom stereocenters. The van der Waals surface area contributed by atoms with E-state index in [1.807, 2.05) is 0 Å². The molecule has 3 atom stereocenters. The highest BCUT2D eigenvalue weighted by Crippen LogP contribution is 2.36. The SMILES string of the molecule is CNC(C1C(C)CCCC1C)N(C)C. The van der Waals surface area contributed by atoms with E-state index in [-0.39, 0.29) is 0 Å². The summed E-state index contributed by atoms with van der Waals surface area (Å²) in [6, 6.07) is 0. The van der Waals surface area contributed by atoms with Crippen molar-refractivity contribution in [2.75, 3.05) is 21.1 Å². The van der Waals surface area contributed by atoms with Gasteiger partial charge in [-0.3, -0.25) is 4.90 Å². The van der Waals surface area contributed by atoms with Gasteiger partial charge in [0.1, 0.15) is 0 Å². The summed E-state index contributed by atoms with van der Waals surface area (Å²) in [6.07, 6.45) is 4.77. The van der Waals surface area contributed by atoms with E-state index >= 15 is 0 Å². The first-order chi connectivity index (χ1) is 6.57. The Morgan fingerprint density at radius 3 is 2.00 bits per heavy atom. The Bertz CT molecular complexity index is 158. The Morgan fingerprint density at radius 2 is 1.64 bits per heavy atom. The molecule has 1 N–H and O–H groups in total. The van der Waals surface area contributed by atoms with E-state index in [9.17, 15) is 0 Å². The molecule has 1 aliphatic rings. The minimum atomic E-state index is 0.542. The van der Waals surface area contributed by atoms with E-state index in [0.717, 1.165) is 17.8 Å². The molecule has 0 aliphatic heterocycles. The van der Waals surface area contributed by atoms with Crippen LogP contribution in [0.3, 0.4) is 0 Å². The normalized spacial score (nSPS) is 36.0. The maximum Gasteiger partial charge on any atom is 0.0623 e. The Morgan fingerprint density at radius 1 is 1.14 bits per heavy atom. The largest absolute Gasteiger partial charge is 0.305 e. The Hall–Kier alpha value is -0.0800. The molecule has 0 bridgehead atoms. The average molecular weight is 198 g/mol. The molecule has 2 heteroatoms. The molecule has 1 aliphatic carbocycles. The van der Waals surface area contributed by atoms with E-state index < -0.39 is 0 Å². The maximum atomic E-state index is 3.46. The number of hydrogen-bond donors (Lipinski definition) is 1. The number of rotatable bonds is 3. The number of nitrogens with zero attached hydrogens (tertiary/aromatic N) is 1. The lowest BCUT2D eigenvalue weighted by Crippen LogP contribution is -2.50. The second-order valence-corrected chi connectivity index (χ2v) is 5.16. The van der Waals surface area contributed by atoms with Crippen molar-refractivity contribution in [1.29, 1.82) is 0 Å². The highest BCUT2D eigenvalue weighted by molar-refractivity contribution is 4.84. The molecule has 0 spiro atoms. The first kappa shape index (κ1) is 12.0. The maximum absolute atomic E-state index is 3.46. The van der Waals surface area contributed by atoms with Crippen LogP contribution in [0.1, 0.15) is 33.1 Å². The topological polar surface area (TPSA) is 15.3 Å². The van der Waals surface area contributed by atoms with Crippen LogP contribution in [-0.4, -0.2) is 32.2 Å². The summed E-state index contributed by atoms with van der Waals surface area (Å²) in [5.74, 6) is 2.53. The smallest absolute Gasteiger partial charge is 0.0623 e. The minimum absolute atomic E-state index is 0.542. The summed E-state index contributed by atoms with van der Waals surface area (Å²) in [5.41, 5.74) is 0. The Balaban J connectivity index is 2.69. The zero-order valence-electron chi connectivity index (χ0n) is 10.4. The van der Waals surface area contributed by atoms with Crippen LogP contribution in [-0.2, 0) is 0 Å². The summed E-state index contributed by atoms with van der Waals surface area (Å²) in [6.45, 7) is 4.82. The van der Waals surface area contributed by atoms with Crippen LogP contribution in [0.15, 0.2) is 0 Å². The minimum Gasteiger partial charge on any atom is -0.305 e. The molecule has 0 amide bonds. The molecule has 0 aromatic carbocycles. The first-order valence-corrected chi connectivity index (χ1v) is 5.91. The quantitative estimate of drug-likeness (QED) is 0.699. The highest BCUT2D eigenvalue weighted by atomic mass is 15.2. The molecular weight excluding hydrogens is 172 g/mol. The molecule has 14 heavy (non-hydrogen) atoms. The fraction of sp³-hybridized carbons (Fsp3) is 1.00. The molecule has 0 aromatic heterocycles. The Kier molecular flexibility index (Phi) is 4.39. The monoisotopic (exact) mass is 198 g/mol. The third-order valence-electron chi connectivity index (χ3n) is 3.85. The Labute approximate surface area is 89.1 Å². The second-order valence-electron chi connectivity index (χ2n) is 5.16. The second kappa shape index (κ2) is 5.13. The van der Waals surface area contributed by atoms with Crippen molar-refractivity contribution in [3.8, 4) is 0 Å². The van der Waals surface area contributed by atoms with Gasteiger partial charge in [-0.25, -0.2) is 0 Å². The van der Waals surface area contributed by atoms with Gasteiger partial charge in [0.15, 0.2) is 0 Å². The average Bonchev–Trinajstić information content (AvgIpc) is 2.10. The molecule has 1 fully saturated rings. The fourth-order valence-electron chi connectivity index (χ4n) is 3.12. The summed E-state index contributed by atoms with van der Waals surface area (Å²) in [4.78, 5) is 2.32. The fourth-order valence-corrected chi connectivity index (χ4v) is 3.12. The number of hydrogen-bond acceptors (Lipinski definition) is 2. The van der Waals surface area contributed by atoms with E-state index in [0.29, 0.717) is 6.17 Å². The molecule has 0 radical (unpaired) electrons. The summed E-state index contributed by atoms with van der Waals surface area (Å²) >= 11 is 0. The van der Waals surface area contributed by atoms with Crippen LogP contribution in [0.5, 0.6) is 0 Å². The molecule has 1 saturated carbocycles. The molecule has 84 valence electrons. The molecule has 2 nitrogen and oxygen atoms in total. The highest BCUT2D eigenvalue weighted by Gasteiger charge is 2.34. The lowest BCUT2D eigenvalue weighted by atomic mass is 9.72. The van der Waals surface area contributed by atoms with Gasteiger partial charge < -0.3 is 5.32 Å². The van der Waals surface area contributed by atoms with Crippen LogP contribution >= 0.6 is 0 Å². The predicted octanol–water partition coefficient (Wildman–Crippen LogP) is 2.17. The summed E-state index contributed by atoms with van der Waals surface area (Å²) in [7, 11) is 6.43. The standard InChI is InChI=1S/C12H26N2/c1-9-7-6-8-10(2)11(9)12(13-3)14(4)5/h9-13H,6-8H2,1-5H3. The van der Waals surface area contributed by atoms with Crippen LogP contribution in [0.25, 0.3) is 0 Å². The van der Waals surface area contributed by atoms with Crippen molar-refractivity contribution in [2.45, 2.75) is 39.3 Å². The third kappa shape index (κ3) is 2.48.